The lowest BCUT2D eigenvalue weighted by Crippen LogP contribution is -2.29. The molecule has 3 aromatic rings. The van der Waals surface area contributed by atoms with Gasteiger partial charge in [-0.1, -0.05) is 48.3 Å². The molecule has 1 aromatic heterocycles. The van der Waals surface area contributed by atoms with Gasteiger partial charge in [0.2, 0.25) is 5.95 Å². The predicted molar refractivity (Wildman–Crippen MR) is 115 cm³/mol. The molecule has 1 heterocycles. The van der Waals surface area contributed by atoms with E-state index in [-0.39, 0.29) is 28.6 Å². The Morgan fingerprint density at radius 3 is 2.62 bits per heavy atom. The molecule has 29 heavy (non-hydrogen) atoms. The fourth-order valence-corrected chi connectivity index (χ4v) is 3.06. The van der Waals surface area contributed by atoms with Crippen molar-refractivity contribution in [2.24, 2.45) is 0 Å². The van der Waals surface area contributed by atoms with Crippen molar-refractivity contribution in [3.05, 3.63) is 76.0 Å². The van der Waals surface area contributed by atoms with E-state index >= 15 is 0 Å². The number of nitrogens with one attached hydrogen (secondary N) is 2. The van der Waals surface area contributed by atoms with Crippen molar-refractivity contribution in [2.45, 2.75) is 19.4 Å². The number of methoxy groups -OCH3 is 1. The maximum atomic E-state index is 12.8. The number of rotatable bonds is 7. The first-order chi connectivity index (χ1) is 14.0. The highest BCUT2D eigenvalue weighted by Gasteiger charge is 2.19. The van der Waals surface area contributed by atoms with E-state index in [1.807, 2.05) is 37.3 Å². The van der Waals surface area contributed by atoms with Crippen molar-refractivity contribution in [1.82, 2.24) is 15.3 Å². The van der Waals surface area contributed by atoms with E-state index < -0.39 is 0 Å². The molecule has 0 bridgehead atoms. The summed E-state index contributed by atoms with van der Waals surface area (Å²) in [6.07, 6.45) is 2.10. The zero-order chi connectivity index (χ0) is 20.8. The number of hydrogen-bond acceptors (Lipinski definition) is 5. The molecule has 0 aliphatic carbocycles. The van der Waals surface area contributed by atoms with Gasteiger partial charge < -0.3 is 15.4 Å². The zero-order valence-electron chi connectivity index (χ0n) is 15.9. The van der Waals surface area contributed by atoms with Crippen molar-refractivity contribution in [3.63, 3.8) is 0 Å². The van der Waals surface area contributed by atoms with Gasteiger partial charge in [0.15, 0.2) is 5.69 Å². The average molecular weight is 431 g/mol. The highest BCUT2D eigenvalue weighted by Crippen LogP contribution is 2.23. The second-order valence-corrected chi connectivity index (χ2v) is 7.08. The number of ether oxygens (including phenoxy) is 1. The lowest BCUT2D eigenvalue weighted by Gasteiger charge is -2.18. The Labute approximate surface area is 179 Å². The molecule has 8 heteroatoms. The number of amides is 1. The Bertz CT molecular complexity index is 996. The number of carbonyl (C=O) groups is 1. The summed E-state index contributed by atoms with van der Waals surface area (Å²) in [6.45, 7) is 1.98. The number of carbonyl (C=O) groups excluding carboxylic acids is 1. The van der Waals surface area contributed by atoms with Crippen molar-refractivity contribution in [3.8, 4) is 5.75 Å². The van der Waals surface area contributed by atoms with Crippen LogP contribution in [0.4, 0.5) is 11.6 Å². The normalized spacial score (nSPS) is 11.6. The molecule has 0 aliphatic heterocycles. The summed E-state index contributed by atoms with van der Waals surface area (Å²) >= 11 is 12.1. The summed E-state index contributed by atoms with van der Waals surface area (Å²) in [7, 11) is 1.59. The van der Waals surface area contributed by atoms with Crippen LogP contribution in [0.5, 0.6) is 5.75 Å². The summed E-state index contributed by atoms with van der Waals surface area (Å²) in [4.78, 5) is 21.3. The van der Waals surface area contributed by atoms with Gasteiger partial charge in [-0.2, -0.15) is 0 Å². The highest BCUT2D eigenvalue weighted by molar-refractivity contribution is 6.33. The lowest BCUT2D eigenvalue weighted by molar-refractivity contribution is 0.0930. The molecule has 0 saturated carbocycles. The maximum absolute atomic E-state index is 12.8. The van der Waals surface area contributed by atoms with Crippen molar-refractivity contribution in [2.75, 3.05) is 12.4 Å². The van der Waals surface area contributed by atoms with Crippen LogP contribution in [-0.2, 0) is 0 Å². The van der Waals surface area contributed by atoms with Crippen LogP contribution in [0, 0.1) is 0 Å². The number of hydrogen-bond donors (Lipinski definition) is 2. The summed E-state index contributed by atoms with van der Waals surface area (Å²) in [5, 5.41) is 6.83. The Morgan fingerprint density at radius 2 is 1.93 bits per heavy atom. The van der Waals surface area contributed by atoms with Gasteiger partial charge in [0.25, 0.3) is 5.91 Å². The van der Waals surface area contributed by atoms with Crippen LogP contribution in [-0.4, -0.2) is 23.0 Å². The van der Waals surface area contributed by atoms with Crippen molar-refractivity contribution >= 4 is 40.7 Å². The van der Waals surface area contributed by atoms with Gasteiger partial charge >= 0.3 is 0 Å². The Balaban J connectivity index is 1.79. The van der Waals surface area contributed by atoms with E-state index in [4.69, 9.17) is 27.9 Å². The third-order valence-electron chi connectivity index (χ3n) is 4.27. The molecular formula is C21H20Cl2N4O2. The van der Waals surface area contributed by atoms with E-state index in [0.29, 0.717) is 17.2 Å². The third-order valence-corrected chi connectivity index (χ3v) is 4.80. The molecule has 1 unspecified atom stereocenters. The van der Waals surface area contributed by atoms with Crippen LogP contribution in [0.3, 0.4) is 0 Å². The molecule has 0 saturated heterocycles. The standard InChI is InChI=1S/C21H20Cl2N4O2/c1-3-18(13-7-9-14(22)10-8-13)26-20(28)19-17(23)12-24-21(27-19)25-15-5-4-6-16(11-15)29-2/h4-12,18H,3H2,1-2H3,(H,26,28)(H,24,25,27). The Morgan fingerprint density at radius 1 is 1.17 bits per heavy atom. The minimum atomic E-state index is -0.382. The molecule has 0 spiro atoms. The monoisotopic (exact) mass is 430 g/mol. The topological polar surface area (TPSA) is 76.1 Å². The Kier molecular flexibility index (Phi) is 6.90. The molecule has 2 N–H and O–H groups in total. The van der Waals surface area contributed by atoms with Gasteiger partial charge in [-0.15, -0.1) is 0 Å². The van der Waals surface area contributed by atoms with Gasteiger partial charge in [-0.3, -0.25) is 4.79 Å². The number of anilines is 2. The van der Waals surface area contributed by atoms with E-state index in [1.54, 1.807) is 25.3 Å². The maximum Gasteiger partial charge on any atom is 0.272 e. The fraction of sp³-hybridized carbons (Fsp3) is 0.190. The molecule has 2 aromatic carbocycles. The van der Waals surface area contributed by atoms with Crippen LogP contribution in [0.25, 0.3) is 0 Å². The number of benzene rings is 2. The number of nitrogens with zero attached hydrogens (tertiary/aromatic N) is 2. The fourth-order valence-electron chi connectivity index (χ4n) is 2.76. The molecule has 0 radical (unpaired) electrons. The van der Waals surface area contributed by atoms with Gasteiger partial charge in [0.05, 0.1) is 24.4 Å². The van der Waals surface area contributed by atoms with Gasteiger partial charge in [0.1, 0.15) is 5.75 Å². The second kappa shape index (κ2) is 9.58. The van der Waals surface area contributed by atoms with Crippen molar-refractivity contribution < 1.29 is 9.53 Å². The first-order valence-corrected chi connectivity index (χ1v) is 9.75. The van der Waals surface area contributed by atoms with Gasteiger partial charge in [-0.25, -0.2) is 9.97 Å². The highest BCUT2D eigenvalue weighted by atomic mass is 35.5. The van der Waals surface area contributed by atoms with Crippen LogP contribution < -0.4 is 15.4 Å². The SMILES string of the molecule is CCC(NC(=O)c1nc(Nc2cccc(OC)c2)ncc1Cl)c1ccc(Cl)cc1. The number of aromatic nitrogens is 2. The molecule has 0 fully saturated rings. The summed E-state index contributed by atoms with van der Waals surface area (Å²) < 4.78 is 5.20. The first-order valence-electron chi connectivity index (χ1n) is 9.00. The van der Waals surface area contributed by atoms with Crippen LogP contribution in [0.2, 0.25) is 10.0 Å². The van der Waals surface area contributed by atoms with E-state index in [2.05, 4.69) is 20.6 Å². The predicted octanol–water partition coefficient (Wildman–Crippen LogP) is 5.42. The minimum Gasteiger partial charge on any atom is -0.497 e. The minimum absolute atomic E-state index is 0.0967. The molecule has 150 valence electrons. The van der Waals surface area contributed by atoms with Crippen molar-refractivity contribution in [1.29, 1.82) is 0 Å². The van der Waals surface area contributed by atoms with Gasteiger partial charge in [0, 0.05) is 16.8 Å². The first kappa shape index (κ1) is 20.9. The molecule has 3 rings (SSSR count). The Hall–Kier alpha value is -2.83. The lowest BCUT2D eigenvalue weighted by atomic mass is 10.0. The molecule has 1 amide bonds. The molecular weight excluding hydrogens is 411 g/mol. The molecule has 1 atom stereocenters. The van der Waals surface area contributed by atoms with Gasteiger partial charge in [-0.05, 0) is 36.2 Å². The number of halogens is 2. The van der Waals surface area contributed by atoms with Crippen LogP contribution >= 0.6 is 23.2 Å². The molecule has 6 nitrogen and oxygen atoms in total. The molecule has 0 aliphatic rings. The summed E-state index contributed by atoms with van der Waals surface area (Å²) in [5.74, 6) is 0.566. The average Bonchev–Trinajstić information content (AvgIpc) is 2.74. The largest absolute Gasteiger partial charge is 0.497 e. The van der Waals surface area contributed by atoms with Crippen LogP contribution in [0.15, 0.2) is 54.7 Å². The quantitative estimate of drug-likeness (QED) is 0.523. The van der Waals surface area contributed by atoms with E-state index in [0.717, 1.165) is 11.3 Å². The smallest absolute Gasteiger partial charge is 0.272 e. The summed E-state index contributed by atoms with van der Waals surface area (Å²) in [6, 6.07) is 14.5. The van der Waals surface area contributed by atoms with E-state index in [9.17, 15) is 4.79 Å². The third kappa shape index (κ3) is 5.37. The van der Waals surface area contributed by atoms with E-state index in [1.165, 1.54) is 6.20 Å². The summed E-state index contributed by atoms with van der Waals surface area (Å²) in [5.41, 5.74) is 1.77. The van der Waals surface area contributed by atoms with Crippen LogP contribution in [0.1, 0.15) is 35.4 Å². The zero-order valence-corrected chi connectivity index (χ0v) is 17.5. The second-order valence-electron chi connectivity index (χ2n) is 6.23.